The Morgan fingerprint density at radius 2 is 1.96 bits per heavy atom. The first-order valence-corrected chi connectivity index (χ1v) is 9.96. The largest absolute Gasteiger partial charge is 0.490 e. The molecule has 1 fully saturated rings. The molecular formula is C23H30N2O2. The molecule has 0 saturated heterocycles. The fourth-order valence-electron chi connectivity index (χ4n) is 3.76. The molecule has 1 unspecified atom stereocenters. The molecular weight excluding hydrogens is 336 g/mol. The van der Waals surface area contributed by atoms with E-state index in [1.165, 1.54) is 31.2 Å². The van der Waals surface area contributed by atoms with Crippen LogP contribution in [0.25, 0.3) is 0 Å². The Balaban J connectivity index is 1.99. The molecule has 1 heterocycles. The van der Waals surface area contributed by atoms with Crippen molar-refractivity contribution in [2.75, 3.05) is 11.5 Å². The maximum atomic E-state index is 10.4. The minimum absolute atomic E-state index is 0.448. The van der Waals surface area contributed by atoms with Gasteiger partial charge in [0.15, 0.2) is 11.6 Å². The van der Waals surface area contributed by atoms with Crippen molar-refractivity contribution >= 4 is 5.82 Å². The van der Waals surface area contributed by atoms with E-state index in [0.717, 1.165) is 18.1 Å². The topological polar surface area (TPSA) is 45.6 Å². The number of anilines is 1. The minimum atomic E-state index is -0.640. The molecule has 0 amide bonds. The smallest absolute Gasteiger partial charge is 0.172 e. The van der Waals surface area contributed by atoms with E-state index in [1.54, 1.807) is 6.08 Å². The maximum absolute atomic E-state index is 10.4. The highest BCUT2D eigenvalue weighted by molar-refractivity contribution is 5.54. The number of hydrogen-bond acceptors (Lipinski definition) is 4. The number of rotatable bonds is 9. The lowest BCUT2D eigenvalue weighted by Gasteiger charge is -2.32. The van der Waals surface area contributed by atoms with Crippen molar-refractivity contribution < 1.29 is 9.84 Å². The molecule has 2 aromatic rings. The Kier molecular flexibility index (Phi) is 6.88. The summed E-state index contributed by atoms with van der Waals surface area (Å²) in [4.78, 5) is 7.23. The molecule has 4 heteroatoms. The zero-order valence-electron chi connectivity index (χ0n) is 16.2. The molecule has 1 saturated carbocycles. The van der Waals surface area contributed by atoms with Crippen LogP contribution in [0.4, 0.5) is 5.82 Å². The van der Waals surface area contributed by atoms with Crippen LogP contribution >= 0.6 is 0 Å². The van der Waals surface area contributed by atoms with Crippen molar-refractivity contribution in [3.8, 4) is 5.75 Å². The number of aromatic nitrogens is 1. The Hall–Kier alpha value is -2.33. The van der Waals surface area contributed by atoms with E-state index in [9.17, 15) is 5.11 Å². The van der Waals surface area contributed by atoms with Crippen LogP contribution in [0, 0.1) is 0 Å². The van der Waals surface area contributed by atoms with Gasteiger partial charge in [-0.05, 0) is 43.9 Å². The lowest BCUT2D eigenvalue weighted by Crippen LogP contribution is -2.34. The van der Waals surface area contributed by atoms with Gasteiger partial charge in [-0.25, -0.2) is 4.98 Å². The van der Waals surface area contributed by atoms with Crippen molar-refractivity contribution in [3.05, 3.63) is 66.4 Å². The summed E-state index contributed by atoms with van der Waals surface area (Å²) in [6.07, 6.45) is 6.40. The zero-order valence-corrected chi connectivity index (χ0v) is 16.2. The molecule has 1 N–H and O–H groups in total. The maximum Gasteiger partial charge on any atom is 0.172 e. The monoisotopic (exact) mass is 366 g/mol. The van der Waals surface area contributed by atoms with Gasteiger partial charge >= 0.3 is 0 Å². The van der Waals surface area contributed by atoms with E-state index >= 15 is 0 Å². The summed E-state index contributed by atoms with van der Waals surface area (Å²) in [6, 6.07) is 14.7. The second-order valence-electron chi connectivity index (χ2n) is 7.08. The van der Waals surface area contributed by atoms with E-state index in [1.807, 2.05) is 25.1 Å². The van der Waals surface area contributed by atoms with Crippen molar-refractivity contribution in [3.63, 3.8) is 0 Å². The number of aliphatic hydroxyl groups is 1. The van der Waals surface area contributed by atoms with Crippen LogP contribution in [0.5, 0.6) is 5.75 Å². The highest BCUT2D eigenvalue weighted by Gasteiger charge is 2.27. The summed E-state index contributed by atoms with van der Waals surface area (Å²) in [6.45, 7) is 7.10. The molecule has 0 aliphatic heterocycles. The van der Waals surface area contributed by atoms with Crippen LogP contribution < -0.4 is 9.64 Å². The quantitative estimate of drug-likeness (QED) is 0.632. The van der Waals surface area contributed by atoms with Crippen LogP contribution in [0.2, 0.25) is 0 Å². The third-order valence-corrected chi connectivity index (χ3v) is 5.13. The van der Waals surface area contributed by atoms with Gasteiger partial charge < -0.3 is 14.7 Å². The molecule has 4 nitrogen and oxygen atoms in total. The molecule has 0 radical (unpaired) electrons. The van der Waals surface area contributed by atoms with Crippen LogP contribution in [0.15, 0.2) is 55.1 Å². The summed E-state index contributed by atoms with van der Waals surface area (Å²) in [5.41, 5.74) is 1.93. The van der Waals surface area contributed by atoms with E-state index in [4.69, 9.17) is 9.72 Å². The van der Waals surface area contributed by atoms with Gasteiger partial charge in [-0.15, -0.1) is 6.58 Å². The molecule has 1 aliphatic rings. The number of ether oxygens (including phenoxy) is 1. The van der Waals surface area contributed by atoms with E-state index in [2.05, 4.69) is 35.7 Å². The van der Waals surface area contributed by atoms with Gasteiger partial charge in [-0.3, -0.25) is 0 Å². The van der Waals surface area contributed by atoms with Crippen LogP contribution in [0.3, 0.4) is 0 Å². The van der Waals surface area contributed by atoms with Gasteiger partial charge in [0.2, 0.25) is 0 Å². The number of aliphatic hydroxyl groups excluding tert-OH is 1. The predicted molar refractivity (Wildman–Crippen MR) is 110 cm³/mol. The molecule has 144 valence electrons. The van der Waals surface area contributed by atoms with E-state index in [-0.39, 0.29) is 0 Å². The van der Waals surface area contributed by atoms with Gasteiger partial charge in [0, 0.05) is 12.6 Å². The Labute approximate surface area is 162 Å². The molecule has 3 rings (SSSR count). The summed E-state index contributed by atoms with van der Waals surface area (Å²) in [7, 11) is 0. The van der Waals surface area contributed by atoms with Crippen LogP contribution in [-0.2, 0) is 6.54 Å². The Bertz CT molecular complexity index is 726. The average Bonchev–Trinajstić information content (AvgIpc) is 3.22. The first kappa shape index (κ1) is 19.4. The number of benzene rings is 1. The van der Waals surface area contributed by atoms with Crippen LogP contribution in [-0.4, -0.2) is 22.7 Å². The zero-order chi connectivity index (χ0) is 19.1. The third kappa shape index (κ3) is 4.89. The predicted octanol–water partition coefficient (Wildman–Crippen LogP) is 5.04. The average molecular weight is 367 g/mol. The number of hydrogen-bond donors (Lipinski definition) is 1. The summed E-state index contributed by atoms with van der Waals surface area (Å²) in [5, 5.41) is 10.4. The normalized spacial score (nSPS) is 15.5. The fourth-order valence-corrected chi connectivity index (χ4v) is 3.76. The van der Waals surface area contributed by atoms with Gasteiger partial charge in [0.05, 0.1) is 18.4 Å². The third-order valence-electron chi connectivity index (χ3n) is 5.13. The number of nitrogens with zero attached hydrogens (tertiary/aromatic N) is 2. The molecule has 1 aliphatic carbocycles. The first-order chi connectivity index (χ1) is 13.2. The van der Waals surface area contributed by atoms with Crippen molar-refractivity contribution in [1.29, 1.82) is 0 Å². The second-order valence-corrected chi connectivity index (χ2v) is 7.08. The Morgan fingerprint density at radius 1 is 1.22 bits per heavy atom. The lowest BCUT2D eigenvalue weighted by molar-refractivity contribution is 0.176. The molecule has 1 aromatic carbocycles. The van der Waals surface area contributed by atoms with Gasteiger partial charge in [0.25, 0.3) is 0 Å². The van der Waals surface area contributed by atoms with Crippen molar-refractivity contribution in [2.45, 2.75) is 57.7 Å². The molecule has 27 heavy (non-hydrogen) atoms. The first-order valence-electron chi connectivity index (χ1n) is 9.96. The molecule has 0 spiro atoms. The highest BCUT2D eigenvalue weighted by atomic mass is 16.5. The van der Waals surface area contributed by atoms with E-state index in [0.29, 0.717) is 24.8 Å². The lowest BCUT2D eigenvalue weighted by atomic mass is 10.1. The Morgan fingerprint density at radius 3 is 2.63 bits per heavy atom. The van der Waals surface area contributed by atoms with Gasteiger partial charge in [-0.1, -0.05) is 49.2 Å². The van der Waals surface area contributed by atoms with Crippen LogP contribution in [0.1, 0.15) is 56.4 Å². The molecule has 0 bridgehead atoms. The highest BCUT2D eigenvalue weighted by Crippen LogP contribution is 2.35. The number of pyridine rings is 1. The van der Waals surface area contributed by atoms with Gasteiger partial charge in [-0.2, -0.15) is 0 Å². The second kappa shape index (κ2) is 9.56. The summed E-state index contributed by atoms with van der Waals surface area (Å²) < 4.78 is 5.90. The molecule has 1 aromatic heterocycles. The standard InChI is InChI=1S/C23H30N2O2/c1-3-10-21(26)20-15-16-22(27-4-2)23(24-20)25(19-13-8-9-14-19)17-18-11-6-5-7-12-18/h3,5-7,11-12,15-16,19,21,26H,1,4,8-10,13-14,17H2,2H3. The van der Waals surface area contributed by atoms with Gasteiger partial charge in [0.1, 0.15) is 0 Å². The van der Waals surface area contributed by atoms with E-state index < -0.39 is 6.10 Å². The summed E-state index contributed by atoms with van der Waals surface area (Å²) in [5.74, 6) is 1.63. The minimum Gasteiger partial charge on any atom is -0.490 e. The fraction of sp³-hybridized carbons (Fsp3) is 0.435. The summed E-state index contributed by atoms with van der Waals surface area (Å²) >= 11 is 0. The SMILES string of the molecule is C=CCC(O)c1ccc(OCC)c(N(Cc2ccccc2)C2CCCC2)n1. The van der Waals surface area contributed by atoms with Crippen molar-refractivity contribution in [1.82, 2.24) is 4.98 Å². The molecule has 1 atom stereocenters. The van der Waals surface area contributed by atoms with Crippen molar-refractivity contribution in [2.24, 2.45) is 0 Å².